The largest absolute Gasteiger partial charge is 0.391 e. The van der Waals surface area contributed by atoms with Crippen LogP contribution < -0.4 is 4.90 Å². The molecule has 0 unspecified atom stereocenters. The minimum absolute atomic E-state index is 0.232. The van der Waals surface area contributed by atoms with Gasteiger partial charge in [-0.2, -0.15) is 0 Å². The Morgan fingerprint density at radius 3 is 2.95 bits per heavy atom. The van der Waals surface area contributed by atoms with E-state index in [2.05, 4.69) is 20.5 Å². The van der Waals surface area contributed by atoms with Crippen molar-refractivity contribution < 1.29 is 5.11 Å². The fourth-order valence-corrected chi connectivity index (χ4v) is 3.03. The van der Waals surface area contributed by atoms with Crippen molar-refractivity contribution in [1.29, 1.82) is 0 Å². The van der Waals surface area contributed by atoms with Crippen molar-refractivity contribution in [2.75, 3.05) is 18.0 Å². The van der Waals surface area contributed by atoms with Crippen molar-refractivity contribution in [3.8, 4) is 0 Å². The minimum atomic E-state index is -0.232. The van der Waals surface area contributed by atoms with Gasteiger partial charge in [0.25, 0.3) is 0 Å². The van der Waals surface area contributed by atoms with Crippen LogP contribution in [0.4, 0.5) is 5.82 Å². The first kappa shape index (κ1) is 11.7. The molecule has 4 rings (SSSR count). The zero-order chi connectivity index (χ0) is 13.7. The number of β-amino-alcohol motifs (C(OH)–C–C–N with tert-alkyl or cyclic N) is 1. The summed E-state index contributed by atoms with van der Waals surface area (Å²) < 4.78 is 2.10. The zero-order valence-electron chi connectivity index (χ0n) is 11.3. The van der Waals surface area contributed by atoms with Crippen LogP contribution in [0.15, 0.2) is 30.6 Å². The summed E-state index contributed by atoms with van der Waals surface area (Å²) >= 11 is 0. The molecule has 1 aliphatic rings. The highest BCUT2D eigenvalue weighted by Gasteiger charge is 2.22. The van der Waals surface area contributed by atoms with E-state index in [0.717, 1.165) is 40.7 Å². The van der Waals surface area contributed by atoms with Crippen molar-refractivity contribution in [2.45, 2.75) is 12.5 Å². The van der Waals surface area contributed by atoms with Crippen LogP contribution in [-0.2, 0) is 7.05 Å². The molecule has 1 aliphatic heterocycles. The van der Waals surface area contributed by atoms with Gasteiger partial charge in [-0.25, -0.2) is 4.98 Å². The van der Waals surface area contributed by atoms with E-state index in [4.69, 9.17) is 4.98 Å². The van der Waals surface area contributed by atoms with Crippen LogP contribution in [0.25, 0.3) is 21.9 Å². The summed E-state index contributed by atoms with van der Waals surface area (Å²) in [5, 5.41) is 11.9. The van der Waals surface area contributed by atoms with Gasteiger partial charge in [-0.1, -0.05) is 0 Å². The number of rotatable bonds is 1. The summed E-state index contributed by atoms with van der Waals surface area (Å²) in [6, 6.07) is 6.15. The van der Waals surface area contributed by atoms with Gasteiger partial charge in [-0.3, -0.25) is 4.98 Å². The molecule has 0 bridgehead atoms. The lowest BCUT2D eigenvalue weighted by Gasteiger charge is -2.16. The lowest BCUT2D eigenvalue weighted by Crippen LogP contribution is -2.22. The van der Waals surface area contributed by atoms with E-state index >= 15 is 0 Å². The maximum Gasteiger partial charge on any atom is 0.143 e. The molecule has 0 amide bonds. The van der Waals surface area contributed by atoms with E-state index in [0.29, 0.717) is 6.54 Å². The molecule has 0 saturated carbocycles. The molecule has 1 fully saturated rings. The Bertz CT molecular complexity index is 795. The molecule has 4 heterocycles. The molecule has 1 atom stereocenters. The van der Waals surface area contributed by atoms with Crippen molar-refractivity contribution in [2.24, 2.45) is 7.05 Å². The van der Waals surface area contributed by atoms with Gasteiger partial charge in [-0.05, 0) is 24.6 Å². The summed E-state index contributed by atoms with van der Waals surface area (Å²) in [5.41, 5.74) is 2.10. The van der Waals surface area contributed by atoms with E-state index in [9.17, 15) is 5.11 Å². The quantitative estimate of drug-likeness (QED) is 0.729. The van der Waals surface area contributed by atoms with Crippen molar-refractivity contribution >= 4 is 27.8 Å². The third-order valence-corrected chi connectivity index (χ3v) is 4.12. The fourth-order valence-electron chi connectivity index (χ4n) is 3.03. The molecule has 0 aliphatic carbocycles. The van der Waals surface area contributed by atoms with Crippen LogP contribution in [0.1, 0.15) is 6.42 Å². The van der Waals surface area contributed by atoms with Gasteiger partial charge in [0.15, 0.2) is 0 Å². The Hall–Kier alpha value is -2.14. The van der Waals surface area contributed by atoms with Gasteiger partial charge in [0, 0.05) is 43.3 Å². The SMILES string of the molecule is Cn1c2ccncc2c2ccc(N3CC[C@@H](O)C3)nc21. The van der Waals surface area contributed by atoms with Crippen LogP contribution in [0.2, 0.25) is 0 Å². The molecule has 0 spiro atoms. The van der Waals surface area contributed by atoms with Gasteiger partial charge in [0.1, 0.15) is 11.5 Å². The number of aromatic nitrogens is 3. The van der Waals surface area contributed by atoms with E-state index in [-0.39, 0.29) is 6.10 Å². The van der Waals surface area contributed by atoms with E-state index < -0.39 is 0 Å². The van der Waals surface area contributed by atoms with Crippen LogP contribution in [0.3, 0.4) is 0 Å². The van der Waals surface area contributed by atoms with Gasteiger partial charge < -0.3 is 14.6 Å². The molecule has 3 aromatic heterocycles. The Labute approximate surface area is 116 Å². The summed E-state index contributed by atoms with van der Waals surface area (Å²) in [7, 11) is 2.03. The zero-order valence-corrected chi connectivity index (χ0v) is 11.3. The van der Waals surface area contributed by atoms with Crippen molar-refractivity contribution in [3.63, 3.8) is 0 Å². The fraction of sp³-hybridized carbons (Fsp3) is 0.333. The summed E-state index contributed by atoms with van der Waals surface area (Å²) in [5.74, 6) is 0.938. The molecular weight excluding hydrogens is 252 g/mol. The molecule has 1 N–H and O–H groups in total. The van der Waals surface area contributed by atoms with Gasteiger partial charge in [0.2, 0.25) is 0 Å². The third kappa shape index (κ3) is 1.59. The first-order valence-corrected chi connectivity index (χ1v) is 6.86. The maximum atomic E-state index is 9.66. The van der Waals surface area contributed by atoms with Crippen molar-refractivity contribution in [1.82, 2.24) is 14.5 Å². The number of hydrogen-bond acceptors (Lipinski definition) is 4. The van der Waals surface area contributed by atoms with E-state index in [1.807, 2.05) is 25.4 Å². The standard InChI is InChI=1S/C15H16N4O/c1-18-13-4-6-16-8-12(13)11-2-3-14(17-15(11)18)19-7-5-10(20)9-19/h2-4,6,8,10,20H,5,7,9H2,1H3/t10-/m1/s1. The topological polar surface area (TPSA) is 54.2 Å². The first-order valence-electron chi connectivity index (χ1n) is 6.86. The molecule has 0 radical (unpaired) electrons. The second-order valence-corrected chi connectivity index (χ2v) is 5.38. The lowest BCUT2D eigenvalue weighted by molar-refractivity contribution is 0.198. The smallest absolute Gasteiger partial charge is 0.143 e. The summed E-state index contributed by atoms with van der Waals surface area (Å²) in [6.45, 7) is 1.54. The molecule has 0 aromatic carbocycles. The monoisotopic (exact) mass is 268 g/mol. The van der Waals surface area contributed by atoms with Crippen LogP contribution in [0, 0.1) is 0 Å². The molecule has 3 aromatic rings. The predicted octanol–water partition coefficient (Wildman–Crippen LogP) is 1.69. The number of aliphatic hydroxyl groups excluding tert-OH is 1. The molecule has 102 valence electrons. The van der Waals surface area contributed by atoms with Gasteiger partial charge >= 0.3 is 0 Å². The Morgan fingerprint density at radius 2 is 2.15 bits per heavy atom. The Kier molecular flexibility index (Phi) is 2.44. The van der Waals surface area contributed by atoms with Crippen LogP contribution >= 0.6 is 0 Å². The molecule has 1 saturated heterocycles. The highest BCUT2D eigenvalue weighted by Crippen LogP contribution is 2.28. The van der Waals surface area contributed by atoms with Crippen molar-refractivity contribution in [3.05, 3.63) is 30.6 Å². The second-order valence-electron chi connectivity index (χ2n) is 5.38. The normalized spacial score (nSPS) is 19.3. The lowest BCUT2D eigenvalue weighted by atomic mass is 10.2. The van der Waals surface area contributed by atoms with E-state index in [1.165, 1.54) is 0 Å². The molecule has 5 nitrogen and oxygen atoms in total. The molecule has 20 heavy (non-hydrogen) atoms. The minimum Gasteiger partial charge on any atom is -0.391 e. The maximum absolute atomic E-state index is 9.66. The number of anilines is 1. The third-order valence-electron chi connectivity index (χ3n) is 4.12. The summed E-state index contributed by atoms with van der Waals surface area (Å²) in [6.07, 6.45) is 4.28. The molecular formula is C15H16N4O. The Morgan fingerprint density at radius 1 is 1.25 bits per heavy atom. The molecule has 5 heteroatoms. The second kappa shape index (κ2) is 4.18. The van der Waals surface area contributed by atoms with E-state index in [1.54, 1.807) is 6.20 Å². The van der Waals surface area contributed by atoms with Crippen LogP contribution in [-0.4, -0.2) is 38.8 Å². The van der Waals surface area contributed by atoms with Gasteiger partial charge in [0.05, 0.1) is 11.6 Å². The Balaban J connectivity index is 1.91. The number of hydrogen-bond donors (Lipinski definition) is 1. The average molecular weight is 268 g/mol. The number of aliphatic hydroxyl groups is 1. The number of aryl methyl sites for hydroxylation is 1. The van der Waals surface area contributed by atoms with Gasteiger partial charge in [-0.15, -0.1) is 0 Å². The average Bonchev–Trinajstić information content (AvgIpc) is 3.03. The number of pyridine rings is 2. The first-order chi connectivity index (χ1) is 9.74. The number of fused-ring (bicyclic) bond motifs is 3. The summed E-state index contributed by atoms with van der Waals surface area (Å²) in [4.78, 5) is 11.1. The highest BCUT2D eigenvalue weighted by atomic mass is 16.3. The van der Waals surface area contributed by atoms with Crippen LogP contribution in [0.5, 0.6) is 0 Å². The number of nitrogens with zero attached hydrogens (tertiary/aromatic N) is 4. The predicted molar refractivity (Wildman–Crippen MR) is 78.9 cm³/mol. The highest BCUT2D eigenvalue weighted by molar-refractivity contribution is 6.06.